The number of carbonyl (C=O) groups excluding carboxylic acids is 2. The van der Waals surface area contributed by atoms with Crippen molar-refractivity contribution >= 4 is 23.8 Å². The van der Waals surface area contributed by atoms with Gasteiger partial charge in [-0.2, -0.15) is 0 Å². The molecule has 0 saturated carbocycles. The van der Waals surface area contributed by atoms with Crippen LogP contribution in [-0.2, 0) is 19.2 Å². The summed E-state index contributed by atoms with van der Waals surface area (Å²) in [5.74, 6) is -2.77. The molecule has 0 aliphatic carbocycles. The first-order valence-electron chi connectivity index (χ1n) is 9.39. The van der Waals surface area contributed by atoms with Crippen LogP contribution in [0.4, 0.5) is 0 Å². The lowest BCUT2D eigenvalue weighted by molar-refractivity contribution is -0.180. The van der Waals surface area contributed by atoms with Crippen LogP contribution in [0, 0.1) is 5.41 Å². The van der Waals surface area contributed by atoms with Gasteiger partial charge in [0.1, 0.15) is 0 Å². The van der Waals surface area contributed by atoms with Crippen molar-refractivity contribution in [2.75, 3.05) is 26.2 Å². The number of aliphatic carboxylic acids is 2. The molecular formula is C18H28N2O6. The van der Waals surface area contributed by atoms with Crippen molar-refractivity contribution in [1.82, 2.24) is 9.80 Å². The molecule has 2 aliphatic heterocycles. The Morgan fingerprint density at radius 3 is 1.62 bits per heavy atom. The number of nitrogens with zero attached hydrogens (tertiary/aromatic N) is 2. The molecule has 0 atom stereocenters. The predicted molar refractivity (Wildman–Crippen MR) is 92.4 cm³/mol. The minimum absolute atomic E-state index is 0.201. The molecule has 0 radical (unpaired) electrons. The van der Waals surface area contributed by atoms with E-state index in [4.69, 9.17) is 10.2 Å². The Balaban J connectivity index is 1.55. The molecular weight excluding hydrogens is 340 g/mol. The third kappa shape index (κ3) is 4.74. The topological polar surface area (TPSA) is 115 Å². The largest absolute Gasteiger partial charge is 0.480 e. The minimum Gasteiger partial charge on any atom is -0.480 e. The van der Waals surface area contributed by atoms with Gasteiger partial charge in [0.05, 0.1) is 0 Å². The third-order valence-electron chi connectivity index (χ3n) is 5.33. The Morgan fingerprint density at radius 2 is 1.15 bits per heavy atom. The standard InChI is InChI=1S/C18H28N2O6/c21-14(19-10-6-3-7-11-19)8-4-1-2-5-9-15(22)20-12-18(13-20,16(23)24)17(25)26/h1-13H2,(H,23,24)(H,25,26). The number of carboxylic acid groups (broad SMARTS) is 2. The third-order valence-corrected chi connectivity index (χ3v) is 5.33. The van der Waals surface area contributed by atoms with E-state index in [9.17, 15) is 19.2 Å². The number of amides is 2. The lowest BCUT2D eigenvalue weighted by Gasteiger charge is -2.44. The van der Waals surface area contributed by atoms with Crippen LogP contribution in [0.3, 0.4) is 0 Å². The van der Waals surface area contributed by atoms with Crippen molar-refractivity contribution in [3.8, 4) is 0 Å². The summed E-state index contributed by atoms with van der Waals surface area (Å²) in [6, 6.07) is 0. The SMILES string of the molecule is O=C(CCCCCCC(=O)N1CC(C(=O)O)(C(=O)O)C1)N1CCCCC1. The zero-order chi connectivity index (χ0) is 19.2. The number of carbonyl (C=O) groups is 4. The Morgan fingerprint density at radius 1 is 0.692 bits per heavy atom. The number of unbranched alkanes of at least 4 members (excludes halogenated alkanes) is 3. The number of carboxylic acids is 2. The quantitative estimate of drug-likeness (QED) is 0.469. The summed E-state index contributed by atoms with van der Waals surface area (Å²) >= 11 is 0. The normalized spacial score (nSPS) is 18.9. The maximum absolute atomic E-state index is 12.0. The molecule has 0 spiro atoms. The molecule has 2 fully saturated rings. The van der Waals surface area contributed by atoms with Gasteiger partial charge in [-0.1, -0.05) is 12.8 Å². The molecule has 0 aromatic heterocycles. The molecule has 8 nitrogen and oxygen atoms in total. The van der Waals surface area contributed by atoms with Gasteiger partial charge in [0.2, 0.25) is 11.8 Å². The van der Waals surface area contributed by atoms with Crippen LogP contribution in [0.2, 0.25) is 0 Å². The van der Waals surface area contributed by atoms with E-state index in [0.717, 1.165) is 45.2 Å². The highest BCUT2D eigenvalue weighted by Crippen LogP contribution is 2.32. The van der Waals surface area contributed by atoms with E-state index >= 15 is 0 Å². The fourth-order valence-corrected chi connectivity index (χ4v) is 3.51. The summed E-state index contributed by atoms with van der Waals surface area (Å²) in [4.78, 5) is 49.4. The van der Waals surface area contributed by atoms with Crippen molar-refractivity contribution in [2.45, 2.75) is 57.8 Å². The highest BCUT2D eigenvalue weighted by atomic mass is 16.4. The second-order valence-corrected chi connectivity index (χ2v) is 7.30. The van der Waals surface area contributed by atoms with E-state index in [1.807, 2.05) is 4.90 Å². The number of rotatable bonds is 9. The van der Waals surface area contributed by atoms with Crippen LogP contribution in [0.5, 0.6) is 0 Å². The van der Waals surface area contributed by atoms with Crippen molar-refractivity contribution in [3.63, 3.8) is 0 Å². The molecule has 0 unspecified atom stereocenters. The lowest BCUT2D eigenvalue weighted by atomic mass is 9.79. The molecule has 2 rings (SSSR count). The molecule has 2 amide bonds. The average molecular weight is 368 g/mol. The maximum Gasteiger partial charge on any atom is 0.324 e. The van der Waals surface area contributed by atoms with Gasteiger partial charge in [-0.15, -0.1) is 0 Å². The van der Waals surface area contributed by atoms with Gasteiger partial charge in [-0.05, 0) is 32.1 Å². The Bertz CT molecular complexity index is 534. The highest BCUT2D eigenvalue weighted by molar-refractivity contribution is 6.01. The monoisotopic (exact) mass is 368 g/mol. The molecule has 2 heterocycles. The van der Waals surface area contributed by atoms with Crippen LogP contribution in [0.25, 0.3) is 0 Å². The number of hydrogen-bond donors (Lipinski definition) is 2. The van der Waals surface area contributed by atoms with E-state index in [2.05, 4.69) is 0 Å². The first-order chi connectivity index (χ1) is 12.4. The molecule has 2 N–H and O–H groups in total. The van der Waals surface area contributed by atoms with E-state index < -0.39 is 17.4 Å². The second kappa shape index (κ2) is 9.00. The lowest BCUT2D eigenvalue weighted by Crippen LogP contribution is -2.65. The Kier molecular flexibility index (Phi) is 6.99. The fraction of sp³-hybridized carbons (Fsp3) is 0.778. The van der Waals surface area contributed by atoms with Crippen molar-refractivity contribution in [1.29, 1.82) is 0 Å². The molecule has 8 heteroatoms. The van der Waals surface area contributed by atoms with E-state index in [-0.39, 0.29) is 31.3 Å². The van der Waals surface area contributed by atoms with Gasteiger partial charge in [0.15, 0.2) is 5.41 Å². The van der Waals surface area contributed by atoms with Crippen molar-refractivity contribution in [2.24, 2.45) is 5.41 Å². The summed E-state index contributed by atoms with van der Waals surface area (Å²) < 4.78 is 0. The van der Waals surface area contributed by atoms with E-state index in [1.54, 1.807) is 0 Å². The average Bonchev–Trinajstić information content (AvgIpc) is 2.57. The summed E-state index contributed by atoms with van der Waals surface area (Å²) in [5, 5.41) is 18.0. The van der Waals surface area contributed by atoms with Crippen LogP contribution < -0.4 is 0 Å². The summed E-state index contributed by atoms with van der Waals surface area (Å²) in [6.07, 6.45) is 7.42. The Labute approximate surface area is 153 Å². The zero-order valence-corrected chi connectivity index (χ0v) is 15.1. The Hall–Kier alpha value is -2.12. The smallest absolute Gasteiger partial charge is 0.324 e. The molecule has 0 bridgehead atoms. The first-order valence-corrected chi connectivity index (χ1v) is 9.39. The van der Waals surface area contributed by atoms with E-state index in [1.165, 1.54) is 11.3 Å². The van der Waals surface area contributed by atoms with Gasteiger partial charge in [-0.25, -0.2) is 0 Å². The van der Waals surface area contributed by atoms with Gasteiger partial charge in [0, 0.05) is 39.0 Å². The van der Waals surface area contributed by atoms with Gasteiger partial charge < -0.3 is 20.0 Å². The number of hydrogen-bond acceptors (Lipinski definition) is 4. The first kappa shape index (κ1) is 20.2. The van der Waals surface area contributed by atoms with Crippen LogP contribution in [0.1, 0.15) is 57.8 Å². The molecule has 2 saturated heterocycles. The minimum atomic E-state index is -1.84. The summed E-state index contributed by atoms with van der Waals surface area (Å²) in [7, 11) is 0. The van der Waals surface area contributed by atoms with Crippen LogP contribution in [0.15, 0.2) is 0 Å². The highest BCUT2D eigenvalue weighted by Gasteiger charge is 2.57. The summed E-state index contributed by atoms with van der Waals surface area (Å²) in [6.45, 7) is 1.22. The predicted octanol–water partition coefficient (Wildman–Crippen LogP) is 1.34. The molecule has 0 aromatic carbocycles. The van der Waals surface area contributed by atoms with Gasteiger partial charge in [0.25, 0.3) is 0 Å². The fourth-order valence-electron chi connectivity index (χ4n) is 3.51. The summed E-state index contributed by atoms with van der Waals surface area (Å²) in [5.41, 5.74) is -1.84. The molecule has 146 valence electrons. The second-order valence-electron chi connectivity index (χ2n) is 7.30. The molecule has 26 heavy (non-hydrogen) atoms. The van der Waals surface area contributed by atoms with E-state index in [0.29, 0.717) is 12.8 Å². The van der Waals surface area contributed by atoms with Crippen molar-refractivity contribution in [3.05, 3.63) is 0 Å². The number of likely N-dealkylation sites (tertiary alicyclic amines) is 2. The van der Waals surface area contributed by atoms with Crippen LogP contribution in [-0.4, -0.2) is 69.9 Å². The zero-order valence-electron chi connectivity index (χ0n) is 15.1. The van der Waals surface area contributed by atoms with Gasteiger partial charge in [-0.3, -0.25) is 19.2 Å². The molecule has 0 aromatic rings. The van der Waals surface area contributed by atoms with Crippen LogP contribution >= 0.6 is 0 Å². The van der Waals surface area contributed by atoms with Crippen molar-refractivity contribution < 1.29 is 29.4 Å². The maximum atomic E-state index is 12.0. The number of piperidine rings is 1. The van der Waals surface area contributed by atoms with Gasteiger partial charge >= 0.3 is 11.9 Å². The molecule has 2 aliphatic rings.